The van der Waals surface area contributed by atoms with Gasteiger partial charge in [-0.2, -0.15) is 0 Å². The number of hydrogen-bond donors (Lipinski definition) is 10. The molecule has 5 amide bonds. The summed E-state index contributed by atoms with van der Waals surface area (Å²) in [6.45, 7) is 5.16. The average molecular weight is 1690 g/mol. The Labute approximate surface area is 701 Å². The first-order valence-corrected chi connectivity index (χ1v) is 42.1. The minimum absolute atomic E-state index is 0. The third-order valence-electron chi connectivity index (χ3n) is 18.9. The lowest BCUT2D eigenvalue weighted by molar-refractivity contribution is -0.145. The maximum atomic E-state index is 13.0. The second kappa shape index (κ2) is 70.9. The minimum Gasteiger partial charge on any atom is -0.494 e. The molecule has 34 nitrogen and oxygen atoms in total. The van der Waals surface area contributed by atoms with E-state index in [0.29, 0.717) is 109 Å². The number of hydrogen-bond acceptors (Lipinski definition) is 24. The van der Waals surface area contributed by atoms with Crippen molar-refractivity contribution in [2.45, 2.75) is 218 Å². The van der Waals surface area contributed by atoms with Gasteiger partial charge in [-0.05, 0) is 126 Å². The van der Waals surface area contributed by atoms with E-state index in [2.05, 4.69) is 26.6 Å². The van der Waals surface area contributed by atoms with Crippen molar-refractivity contribution in [3.05, 3.63) is 59.7 Å². The van der Waals surface area contributed by atoms with E-state index in [1.165, 1.54) is 24.3 Å². The van der Waals surface area contributed by atoms with Crippen LogP contribution in [-0.4, -0.2) is 259 Å². The number of rotatable bonds is 83. The SMILES string of the molecule is C[C@@H](CCCCNC(=O)CC[C@H](CC(=O)COCCOCCCC(=O)COCCOCCNC(=O)CCCCCCCCCOc1ccc(C(=O)O)cc1)C(=O)O)C(=O)C[C@@H](CCCCNC(=O)CC[C@H](NC(=O)COCCOCCNC(=O)COCCOCCCC(=O)CCCCCCCCCOc1ccc(C(=O)O)cc1)C(=O)O)C(=O)O.[HH].[HH]. The standard InChI is InChI=1S/C85H133N5O29.2H2/c1-64(22-14-16-40-86-77(96)38-32-68(84(106)107)58-71(93)61-115-54-50-111-45-21-26-70(92)60-114-55-52-112-48-42-88-76(95)27-13-9-5-3-7-11-19-47-119-73-35-30-66(31-36-73)82(102)103)75(94)59-67(83(104)105)23-15-17-41-87-78(97)39-37-74(85(108)109)90-80(99)63-117-57-53-113-49-43-89-79(98)62-116-56-51-110-44-20-25-69(91)24-12-8-4-2-6-10-18-46-118-72-33-28-65(29-34-72)81(100)101;;/h28-31,33-36,64,67-68,74H,2-27,32,37-63H2,1H3,(H,86,96)(H,87,97)(H,88,95)(H,89,98)(H,90,99)(H,100,101)(H,102,103)(H,104,105)(H,106,107)(H,108,109);2*1H/t64-,67+,68+,74-;;/m0../s1. The average Bonchev–Trinajstić information content (AvgIpc) is 0.900. The lowest BCUT2D eigenvalue weighted by Gasteiger charge is -2.16. The Morgan fingerprint density at radius 3 is 1.17 bits per heavy atom. The summed E-state index contributed by atoms with van der Waals surface area (Å²) in [6, 6.07) is 11.3. The number of Topliss-reactive ketones (excluding diaryl/α,β-unsaturated/α-hetero) is 4. The zero-order chi connectivity index (χ0) is 87.1. The van der Waals surface area contributed by atoms with Crippen molar-refractivity contribution in [3.8, 4) is 11.5 Å². The van der Waals surface area contributed by atoms with Crippen molar-refractivity contribution in [2.24, 2.45) is 17.8 Å². The zero-order valence-corrected chi connectivity index (χ0v) is 69.6. The molecule has 0 aliphatic rings. The van der Waals surface area contributed by atoms with E-state index in [4.69, 9.17) is 57.6 Å². The molecule has 2 aromatic rings. The van der Waals surface area contributed by atoms with Gasteiger partial charge in [-0.1, -0.05) is 84.0 Å². The molecule has 2 rings (SSSR count). The van der Waals surface area contributed by atoms with E-state index in [1.807, 2.05) is 0 Å². The quantitative estimate of drug-likeness (QED) is 0.0276. The highest BCUT2D eigenvalue weighted by molar-refractivity contribution is 5.89. The number of ether oxygens (including phenoxy) is 10. The number of carboxylic acids is 5. The Hall–Kier alpha value is -8.90. The molecule has 0 saturated heterocycles. The lowest BCUT2D eigenvalue weighted by atomic mass is 9.89. The highest BCUT2D eigenvalue weighted by atomic mass is 16.5. The van der Waals surface area contributed by atoms with Crippen LogP contribution in [0.4, 0.5) is 0 Å². The summed E-state index contributed by atoms with van der Waals surface area (Å²) in [5.74, 6) is -9.43. The van der Waals surface area contributed by atoms with Crippen LogP contribution in [0.25, 0.3) is 0 Å². The zero-order valence-electron chi connectivity index (χ0n) is 69.6. The maximum absolute atomic E-state index is 13.0. The van der Waals surface area contributed by atoms with Crippen molar-refractivity contribution in [1.82, 2.24) is 26.6 Å². The van der Waals surface area contributed by atoms with Crippen LogP contribution >= 0.6 is 0 Å². The summed E-state index contributed by atoms with van der Waals surface area (Å²) in [4.78, 5) is 169. The van der Waals surface area contributed by atoms with Crippen LogP contribution in [0.3, 0.4) is 0 Å². The molecule has 0 radical (unpaired) electrons. The van der Waals surface area contributed by atoms with E-state index in [0.717, 1.165) is 89.9 Å². The van der Waals surface area contributed by atoms with Crippen LogP contribution in [0.1, 0.15) is 236 Å². The number of benzene rings is 2. The highest BCUT2D eigenvalue weighted by Crippen LogP contribution is 2.21. The van der Waals surface area contributed by atoms with Gasteiger partial charge in [-0.25, -0.2) is 14.4 Å². The first kappa shape index (κ1) is 106. The molecule has 2 aromatic carbocycles. The van der Waals surface area contributed by atoms with Gasteiger partial charge >= 0.3 is 29.8 Å². The van der Waals surface area contributed by atoms with Gasteiger partial charge in [-0.3, -0.25) is 52.7 Å². The van der Waals surface area contributed by atoms with Gasteiger partial charge < -0.3 is 99.5 Å². The van der Waals surface area contributed by atoms with E-state index in [1.54, 1.807) is 31.2 Å². The minimum atomic E-state index is -1.38. The lowest BCUT2D eigenvalue weighted by Crippen LogP contribution is -2.43. The van der Waals surface area contributed by atoms with Crippen LogP contribution < -0.4 is 36.1 Å². The Bertz CT molecular complexity index is 3230. The molecular weight excluding hydrogens is 1550 g/mol. The van der Waals surface area contributed by atoms with Crippen LogP contribution in [-0.2, 0) is 95.4 Å². The van der Waals surface area contributed by atoms with Gasteiger partial charge in [0.25, 0.3) is 0 Å². The molecule has 0 spiro atoms. The topological polar surface area (TPSA) is 493 Å². The fraction of sp³-hybridized carbons (Fsp3) is 0.694. The third-order valence-corrected chi connectivity index (χ3v) is 18.9. The molecule has 0 aliphatic carbocycles. The van der Waals surface area contributed by atoms with E-state index in [-0.39, 0.29) is 200 Å². The van der Waals surface area contributed by atoms with Gasteiger partial charge in [-0.15, -0.1) is 0 Å². The molecule has 10 N–H and O–H groups in total. The van der Waals surface area contributed by atoms with Gasteiger partial charge in [0.05, 0.1) is 102 Å². The summed E-state index contributed by atoms with van der Waals surface area (Å²) in [7, 11) is 0. The molecule has 0 saturated carbocycles. The number of amides is 5. The number of carbonyl (C=O) groups is 14. The molecule has 0 aromatic heterocycles. The normalized spacial score (nSPS) is 12.1. The van der Waals surface area contributed by atoms with Gasteiger partial charge in [0.2, 0.25) is 29.5 Å². The highest BCUT2D eigenvalue weighted by Gasteiger charge is 2.26. The Balaban J connectivity index is 0.0000720. The monoisotopic (exact) mass is 1690 g/mol. The number of carboxylic acid groups (broad SMARTS) is 5. The maximum Gasteiger partial charge on any atom is 0.335 e. The van der Waals surface area contributed by atoms with Crippen molar-refractivity contribution >= 4 is 82.5 Å². The van der Waals surface area contributed by atoms with Crippen LogP contribution in [0, 0.1) is 17.8 Å². The number of aliphatic carboxylic acids is 3. The second-order valence-electron chi connectivity index (χ2n) is 29.1. The molecule has 0 heterocycles. The molecule has 0 aliphatic heterocycles. The number of carbonyl (C=O) groups excluding carboxylic acids is 9. The van der Waals surface area contributed by atoms with Crippen molar-refractivity contribution in [3.63, 3.8) is 0 Å². The van der Waals surface area contributed by atoms with Crippen molar-refractivity contribution in [1.29, 1.82) is 0 Å². The Morgan fingerprint density at radius 2 is 0.681 bits per heavy atom. The smallest absolute Gasteiger partial charge is 0.335 e. The number of ketones is 4. The first-order valence-electron chi connectivity index (χ1n) is 42.1. The predicted molar refractivity (Wildman–Crippen MR) is 439 cm³/mol. The number of unbranched alkanes of at least 4 members (excludes halogenated alkanes) is 14. The molecule has 0 bridgehead atoms. The van der Waals surface area contributed by atoms with Gasteiger partial charge in [0.15, 0.2) is 11.6 Å². The summed E-state index contributed by atoms with van der Waals surface area (Å²) in [5.41, 5.74) is 0.447. The fourth-order valence-electron chi connectivity index (χ4n) is 11.9. The molecule has 0 fully saturated rings. The van der Waals surface area contributed by atoms with Crippen molar-refractivity contribution in [2.75, 3.05) is 145 Å². The summed E-state index contributed by atoms with van der Waals surface area (Å²) >= 11 is 0. The van der Waals surface area contributed by atoms with E-state index in [9.17, 15) is 82.4 Å². The second-order valence-corrected chi connectivity index (χ2v) is 29.1. The summed E-state index contributed by atoms with van der Waals surface area (Å²) in [6.07, 6.45) is 18.0. The molecule has 0 unspecified atom stereocenters. The van der Waals surface area contributed by atoms with Crippen LogP contribution in [0.5, 0.6) is 11.5 Å². The molecule has 34 heteroatoms. The third kappa shape index (κ3) is 61.1. The van der Waals surface area contributed by atoms with Gasteiger partial charge in [0.1, 0.15) is 55.5 Å². The van der Waals surface area contributed by atoms with Crippen LogP contribution in [0.2, 0.25) is 0 Å². The number of aromatic carboxylic acids is 2. The Kier molecular flexibility index (Phi) is 63.3. The van der Waals surface area contributed by atoms with Crippen molar-refractivity contribution < 1.29 is 143 Å². The number of nitrogens with one attached hydrogen (secondary N) is 5. The fourth-order valence-corrected chi connectivity index (χ4v) is 11.9. The van der Waals surface area contributed by atoms with Crippen LogP contribution in [0.15, 0.2) is 48.5 Å². The molecule has 676 valence electrons. The van der Waals surface area contributed by atoms with E-state index >= 15 is 0 Å². The summed E-state index contributed by atoms with van der Waals surface area (Å²) in [5, 5.41) is 60.4. The van der Waals surface area contributed by atoms with E-state index < -0.39 is 83.8 Å². The van der Waals surface area contributed by atoms with Gasteiger partial charge in [0, 0.05) is 99.5 Å². The first-order chi connectivity index (χ1) is 57.4. The predicted octanol–water partition coefficient (Wildman–Crippen LogP) is 9.00. The molecule has 4 atom stereocenters. The summed E-state index contributed by atoms with van der Waals surface area (Å²) < 4.78 is 54.5. The molecule has 119 heavy (non-hydrogen) atoms. The largest absolute Gasteiger partial charge is 0.494 e. The molecular formula is C85H137N5O29. The Morgan fingerprint density at radius 1 is 0.303 bits per heavy atom.